The van der Waals surface area contributed by atoms with Crippen molar-refractivity contribution < 1.29 is 14.3 Å². The monoisotopic (exact) mass is 325 g/mol. The third kappa shape index (κ3) is 5.16. The smallest absolute Gasteiger partial charge is 0.262 e. The zero-order valence-electron chi connectivity index (χ0n) is 14.4. The van der Waals surface area contributed by atoms with E-state index in [2.05, 4.69) is 11.9 Å². The van der Waals surface area contributed by atoms with E-state index in [4.69, 9.17) is 9.47 Å². The summed E-state index contributed by atoms with van der Waals surface area (Å²) in [5.41, 5.74) is 3.63. The van der Waals surface area contributed by atoms with Crippen LogP contribution in [-0.2, 0) is 4.79 Å². The SMILES string of the molecule is C=C(C)COc1cccc(NC(=O)COc2c(C)cccc2C)c1. The Bertz CT molecular complexity index is 717. The summed E-state index contributed by atoms with van der Waals surface area (Å²) in [5, 5.41) is 2.81. The van der Waals surface area contributed by atoms with Crippen molar-refractivity contribution in [1.29, 1.82) is 0 Å². The molecule has 2 aromatic rings. The van der Waals surface area contributed by atoms with Crippen LogP contribution in [0.25, 0.3) is 0 Å². The van der Waals surface area contributed by atoms with Crippen LogP contribution in [0.3, 0.4) is 0 Å². The van der Waals surface area contributed by atoms with Crippen LogP contribution >= 0.6 is 0 Å². The minimum Gasteiger partial charge on any atom is -0.489 e. The second-order valence-electron chi connectivity index (χ2n) is 5.83. The van der Waals surface area contributed by atoms with Crippen molar-refractivity contribution in [3.05, 3.63) is 65.7 Å². The zero-order chi connectivity index (χ0) is 17.5. The van der Waals surface area contributed by atoms with E-state index in [1.807, 2.05) is 57.2 Å². The van der Waals surface area contributed by atoms with Gasteiger partial charge < -0.3 is 14.8 Å². The quantitative estimate of drug-likeness (QED) is 0.773. The maximum Gasteiger partial charge on any atom is 0.262 e. The van der Waals surface area contributed by atoms with E-state index in [1.54, 1.807) is 6.07 Å². The van der Waals surface area contributed by atoms with E-state index >= 15 is 0 Å². The summed E-state index contributed by atoms with van der Waals surface area (Å²) < 4.78 is 11.2. The van der Waals surface area contributed by atoms with Gasteiger partial charge in [-0.2, -0.15) is 0 Å². The van der Waals surface area contributed by atoms with Crippen molar-refractivity contribution >= 4 is 11.6 Å². The van der Waals surface area contributed by atoms with Crippen LogP contribution in [-0.4, -0.2) is 19.1 Å². The molecule has 1 N–H and O–H groups in total. The first-order valence-corrected chi connectivity index (χ1v) is 7.82. The van der Waals surface area contributed by atoms with Crippen molar-refractivity contribution in [3.8, 4) is 11.5 Å². The second kappa shape index (κ2) is 8.20. The molecule has 0 fully saturated rings. The number of hydrogen-bond acceptors (Lipinski definition) is 3. The van der Waals surface area contributed by atoms with Gasteiger partial charge in [0, 0.05) is 11.8 Å². The third-order valence-corrected chi connectivity index (χ3v) is 3.36. The Hall–Kier alpha value is -2.75. The van der Waals surface area contributed by atoms with Gasteiger partial charge >= 0.3 is 0 Å². The summed E-state index contributed by atoms with van der Waals surface area (Å²) >= 11 is 0. The first-order valence-electron chi connectivity index (χ1n) is 7.82. The molecule has 2 rings (SSSR count). The highest BCUT2D eigenvalue weighted by molar-refractivity contribution is 5.92. The molecule has 0 saturated carbocycles. The van der Waals surface area contributed by atoms with Gasteiger partial charge in [-0.05, 0) is 49.6 Å². The molecule has 0 spiro atoms. The van der Waals surface area contributed by atoms with Crippen LogP contribution in [0.5, 0.6) is 11.5 Å². The van der Waals surface area contributed by atoms with Crippen LogP contribution in [0.1, 0.15) is 18.1 Å². The molecule has 0 aliphatic carbocycles. The van der Waals surface area contributed by atoms with Gasteiger partial charge in [0.25, 0.3) is 5.91 Å². The standard InChI is InChI=1S/C20H23NO3/c1-14(2)12-23-18-10-6-9-17(11-18)21-19(22)13-24-20-15(3)7-5-8-16(20)4/h5-11H,1,12-13H2,2-4H3,(H,21,22). The minimum atomic E-state index is -0.213. The van der Waals surface area contributed by atoms with Crippen LogP contribution in [0, 0.1) is 13.8 Å². The van der Waals surface area contributed by atoms with E-state index in [-0.39, 0.29) is 12.5 Å². The number of carbonyl (C=O) groups is 1. The van der Waals surface area contributed by atoms with Gasteiger partial charge in [0.05, 0.1) is 0 Å². The molecule has 0 unspecified atom stereocenters. The fraction of sp³-hybridized carbons (Fsp3) is 0.250. The lowest BCUT2D eigenvalue weighted by Crippen LogP contribution is -2.20. The van der Waals surface area contributed by atoms with Crippen molar-refractivity contribution in [2.45, 2.75) is 20.8 Å². The van der Waals surface area contributed by atoms with Crippen molar-refractivity contribution in [1.82, 2.24) is 0 Å². The lowest BCUT2D eigenvalue weighted by molar-refractivity contribution is -0.118. The molecule has 24 heavy (non-hydrogen) atoms. The summed E-state index contributed by atoms with van der Waals surface area (Å²) in [6.07, 6.45) is 0. The molecule has 126 valence electrons. The van der Waals surface area contributed by atoms with Gasteiger partial charge in [-0.25, -0.2) is 0 Å². The lowest BCUT2D eigenvalue weighted by atomic mass is 10.1. The highest BCUT2D eigenvalue weighted by atomic mass is 16.5. The average molecular weight is 325 g/mol. The van der Waals surface area contributed by atoms with E-state index < -0.39 is 0 Å². The molecule has 0 aliphatic rings. The topological polar surface area (TPSA) is 47.6 Å². The van der Waals surface area contributed by atoms with Crippen LogP contribution in [0.15, 0.2) is 54.6 Å². The first-order chi connectivity index (χ1) is 11.5. The Kier molecular flexibility index (Phi) is 6.01. The Labute approximate surface area is 143 Å². The van der Waals surface area contributed by atoms with Crippen LogP contribution in [0.2, 0.25) is 0 Å². The number of ether oxygens (including phenoxy) is 2. The summed E-state index contributed by atoms with van der Waals surface area (Å²) in [6, 6.07) is 13.1. The van der Waals surface area contributed by atoms with Crippen molar-refractivity contribution in [3.63, 3.8) is 0 Å². The molecular formula is C20H23NO3. The summed E-state index contributed by atoms with van der Waals surface area (Å²) in [4.78, 5) is 12.1. The van der Waals surface area contributed by atoms with Crippen LogP contribution < -0.4 is 14.8 Å². The van der Waals surface area contributed by atoms with Gasteiger partial charge in [0.1, 0.15) is 18.1 Å². The molecule has 0 bridgehead atoms. The molecule has 0 atom stereocenters. The fourth-order valence-electron chi connectivity index (χ4n) is 2.23. The average Bonchev–Trinajstić information content (AvgIpc) is 2.53. The zero-order valence-corrected chi connectivity index (χ0v) is 14.4. The highest BCUT2D eigenvalue weighted by Gasteiger charge is 2.08. The number of rotatable bonds is 7. The maximum atomic E-state index is 12.1. The predicted octanol–water partition coefficient (Wildman–Crippen LogP) is 4.28. The van der Waals surface area contributed by atoms with E-state index in [0.29, 0.717) is 18.0 Å². The van der Waals surface area contributed by atoms with Gasteiger partial charge in [0.2, 0.25) is 0 Å². The molecule has 0 aromatic heterocycles. The summed E-state index contributed by atoms with van der Waals surface area (Å²) in [7, 11) is 0. The number of para-hydroxylation sites is 1. The Morgan fingerprint density at radius 2 is 1.71 bits per heavy atom. The third-order valence-electron chi connectivity index (χ3n) is 3.36. The van der Waals surface area contributed by atoms with Crippen LogP contribution in [0.4, 0.5) is 5.69 Å². The molecule has 4 heteroatoms. The number of benzene rings is 2. The lowest BCUT2D eigenvalue weighted by Gasteiger charge is -2.12. The fourth-order valence-corrected chi connectivity index (χ4v) is 2.23. The molecule has 0 radical (unpaired) electrons. The number of aryl methyl sites for hydroxylation is 2. The molecule has 0 heterocycles. The van der Waals surface area contributed by atoms with Gasteiger partial charge in [0.15, 0.2) is 6.61 Å². The molecule has 0 aliphatic heterocycles. The Morgan fingerprint density at radius 1 is 1.04 bits per heavy atom. The molecule has 0 saturated heterocycles. The second-order valence-corrected chi connectivity index (χ2v) is 5.83. The largest absolute Gasteiger partial charge is 0.489 e. The first kappa shape index (κ1) is 17.6. The molecule has 4 nitrogen and oxygen atoms in total. The number of nitrogens with one attached hydrogen (secondary N) is 1. The number of hydrogen-bond donors (Lipinski definition) is 1. The maximum absolute atomic E-state index is 12.1. The summed E-state index contributed by atoms with van der Waals surface area (Å²) in [6.45, 7) is 10.0. The normalized spacial score (nSPS) is 10.1. The molecule has 1 amide bonds. The molecular weight excluding hydrogens is 302 g/mol. The number of anilines is 1. The predicted molar refractivity (Wildman–Crippen MR) is 96.8 cm³/mol. The minimum absolute atomic E-state index is 0.0391. The van der Waals surface area contributed by atoms with E-state index in [0.717, 1.165) is 22.4 Å². The van der Waals surface area contributed by atoms with Gasteiger partial charge in [-0.15, -0.1) is 0 Å². The Balaban J connectivity index is 1.92. The van der Waals surface area contributed by atoms with E-state index in [1.165, 1.54) is 0 Å². The molecule has 2 aromatic carbocycles. The van der Waals surface area contributed by atoms with E-state index in [9.17, 15) is 4.79 Å². The number of carbonyl (C=O) groups excluding carboxylic acids is 1. The van der Waals surface area contributed by atoms with Crippen molar-refractivity contribution in [2.24, 2.45) is 0 Å². The number of amides is 1. The highest BCUT2D eigenvalue weighted by Crippen LogP contribution is 2.22. The Morgan fingerprint density at radius 3 is 2.38 bits per heavy atom. The van der Waals surface area contributed by atoms with Gasteiger partial charge in [-0.1, -0.05) is 30.8 Å². The summed E-state index contributed by atoms with van der Waals surface area (Å²) in [5.74, 6) is 1.23. The van der Waals surface area contributed by atoms with Gasteiger partial charge in [-0.3, -0.25) is 4.79 Å². The van der Waals surface area contributed by atoms with Crippen molar-refractivity contribution in [2.75, 3.05) is 18.5 Å².